The first-order valence-corrected chi connectivity index (χ1v) is 7.45. The Balaban J connectivity index is 2.77. The molecule has 0 saturated carbocycles. The lowest BCUT2D eigenvalue weighted by molar-refractivity contribution is 0.0939. The molecule has 1 N–H and O–H groups in total. The molecule has 0 fully saturated rings. The van der Waals surface area contributed by atoms with Gasteiger partial charge in [-0.15, -0.1) is 0 Å². The molecule has 4 heteroatoms. The summed E-state index contributed by atoms with van der Waals surface area (Å²) in [5, 5.41) is 2.91. The van der Waals surface area contributed by atoms with Crippen LogP contribution in [0.15, 0.2) is 24.3 Å². The number of amides is 1. The summed E-state index contributed by atoms with van der Waals surface area (Å²) >= 11 is 0. The second-order valence-electron chi connectivity index (χ2n) is 4.20. The lowest BCUT2D eigenvalue weighted by Gasteiger charge is -2.11. The van der Waals surface area contributed by atoms with Crippen LogP contribution >= 0.6 is 0 Å². The standard InChI is InChI=1S/C13H19NO2S/c1-4-10(2)14-13(15)12-7-5-6-11(8-12)9-17(3)16/h5-8,10H,4,9H2,1-3H3,(H,14,15). The number of rotatable bonds is 5. The Morgan fingerprint density at radius 1 is 1.47 bits per heavy atom. The Kier molecular flexibility index (Phi) is 5.35. The highest BCUT2D eigenvalue weighted by Crippen LogP contribution is 2.08. The first-order valence-electron chi connectivity index (χ1n) is 5.72. The number of hydrogen-bond donors (Lipinski definition) is 1. The Hall–Kier alpha value is -1.16. The average molecular weight is 253 g/mol. The molecule has 2 unspecified atom stereocenters. The zero-order valence-corrected chi connectivity index (χ0v) is 11.3. The maximum absolute atomic E-state index is 11.9. The van der Waals surface area contributed by atoms with Gasteiger partial charge < -0.3 is 5.32 Å². The van der Waals surface area contributed by atoms with E-state index < -0.39 is 10.8 Å². The van der Waals surface area contributed by atoms with Crippen LogP contribution < -0.4 is 5.32 Å². The maximum Gasteiger partial charge on any atom is 0.251 e. The number of nitrogens with one attached hydrogen (secondary N) is 1. The van der Waals surface area contributed by atoms with E-state index in [0.29, 0.717) is 11.3 Å². The molecule has 3 nitrogen and oxygen atoms in total. The van der Waals surface area contributed by atoms with Crippen LogP contribution in [-0.4, -0.2) is 22.4 Å². The Labute approximate surface area is 105 Å². The van der Waals surface area contributed by atoms with Gasteiger partial charge >= 0.3 is 0 Å². The van der Waals surface area contributed by atoms with E-state index >= 15 is 0 Å². The van der Waals surface area contributed by atoms with E-state index in [1.165, 1.54) is 0 Å². The summed E-state index contributed by atoms with van der Waals surface area (Å²) in [7, 11) is -0.882. The maximum atomic E-state index is 11.9. The summed E-state index contributed by atoms with van der Waals surface area (Å²) in [6, 6.07) is 7.47. The quantitative estimate of drug-likeness (QED) is 0.873. The molecule has 2 atom stereocenters. The molecule has 0 radical (unpaired) electrons. The van der Waals surface area contributed by atoms with Crippen LogP contribution in [0.3, 0.4) is 0 Å². The fourth-order valence-corrected chi connectivity index (χ4v) is 2.10. The van der Waals surface area contributed by atoms with E-state index in [1.54, 1.807) is 18.4 Å². The molecule has 17 heavy (non-hydrogen) atoms. The minimum absolute atomic E-state index is 0.0666. The monoisotopic (exact) mass is 253 g/mol. The fourth-order valence-electron chi connectivity index (χ4n) is 1.45. The molecule has 94 valence electrons. The largest absolute Gasteiger partial charge is 0.350 e. The minimum atomic E-state index is -0.882. The van der Waals surface area contributed by atoms with Crippen LogP contribution in [0, 0.1) is 0 Å². The summed E-state index contributed by atoms with van der Waals surface area (Å²) in [5.74, 6) is 0.424. The molecule has 0 aliphatic carbocycles. The lowest BCUT2D eigenvalue weighted by atomic mass is 10.1. The van der Waals surface area contributed by atoms with Crippen molar-refractivity contribution in [1.82, 2.24) is 5.32 Å². The van der Waals surface area contributed by atoms with Gasteiger partial charge in [0.15, 0.2) is 0 Å². The van der Waals surface area contributed by atoms with Gasteiger partial charge in [0.1, 0.15) is 0 Å². The second kappa shape index (κ2) is 6.55. The molecular formula is C13H19NO2S. The van der Waals surface area contributed by atoms with Crippen molar-refractivity contribution >= 4 is 16.7 Å². The SMILES string of the molecule is CCC(C)NC(=O)c1cccc(CS(C)=O)c1. The van der Waals surface area contributed by atoms with Crippen molar-refractivity contribution < 1.29 is 9.00 Å². The highest BCUT2D eigenvalue weighted by molar-refractivity contribution is 7.83. The molecule has 1 amide bonds. The van der Waals surface area contributed by atoms with Crippen molar-refractivity contribution in [2.24, 2.45) is 0 Å². The zero-order chi connectivity index (χ0) is 12.8. The molecule has 0 aliphatic rings. The van der Waals surface area contributed by atoms with E-state index in [1.807, 2.05) is 26.0 Å². The predicted molar refractivity (Wildman–Crippen MR) is 71.4 cm³/mol. The molecule has 1 rings (SSSR count). The predicted octanol–water partition coefficient (Wildman–Crippen LogP) is 2.09. The summed E-state index contributed by atoms with van der Waals surface area (Å²) in [4.78, 5) is 11.9. The summed E-state index contributed by atoms with van der Waals surface area (Å²) in [6.45, 7) is 4.00. The van der Waals surface area contributed by atoms with Gasteiger partial charge in [0.2, 0.25) is 0 Å². The van der Waals surface area contributed by atoms with Gasteiger partial charge in [0, 0.05) is 34.4 Å². The van der Waals surface area contributed by atoms with Gasteiger partial charge in [-0.3, -0.25) is 9.00 Å². The van der Waals surface area contributed by atoms with Crippen LogP contribution in [0.1, 0.15) is 36.2 Å². The van der Waals surface area contributed by atoms with Crippen molar-refractivity contribution in [3.8, 4) is 0 Å². The average Bonchev–Trinajstić information content (AvgIpc) is 2.28. The van der Waals surface area contributed by atoms with E-state index in [9.17, 15) is 9.00 Å². The third-order valence-electron chi connectivity index (χ3n) is 2.55. The van der Waals surface area contributed by atoms with E-state index in [0.717, 1.165) is 12.0 Å². The number of carbonyl (C=O) groups is 1. The molecule has 0 aliphatic heterocycles. The van der Waals surface area contributed by atoms with E-state index in [2.05, 4.69) is 5.32 Å². The van der Waals surface area contributed by atoms with Gasteiger partial charge in [-0.1, -0.05) is 19.1 Å². The summed E-state index contributed by atoms with van der Waals surface area (Å²) in [6.07, 6.45) is 2.57. The van der Waals surface area contributed by atoms with Gasteiger partial charge in [0.05, 0.1) is 0 Å². The molecule has 0 aromatic heterocycles. The normalized spacial score (nSPS) is 14.1. The number of hydrogen-bond acceptors (Lipinski definition) is 2. The van der Waals surface area contributed by atoms with Crippen LogP contribution in [0.25, 0.3) is 0 Å². The molecule has 0 bridgehead atoms. The first kappa shape index (κ1) is 13.9. The first-order chi connectivity index (χ1) is 8.02. The molecule has 0 saturated heterocycles. The summed E-state index contributed by atoms with van der Waals surface area (Å²) in [5.41, 5.74) is 1.57. The Morgan fingerprint density at radius 2 is 2.18 bits per heavy atom. The molecule has 0 heterocycles. The molecule has 1 aromatic rings. The van der Waals surface area contributed by atoms with Crippen LogP contribution in [0.4, 0.5) is 0 Å². The van der Waals surface area contributed by atoms with Crippen molar-refractivity contribution in [1.29, 1.82) is 0 Å². The minimum Gasteiger partial charge on any atom is -0.350 e. The third kappa shape index (κ3) is 4.69. The summed E-state index contributed by atoms with van der Waals surface area (Å²) < 4.78 is 11.1. The van der Waals surface area contributed by atoms with Crippen LogP contribution in [0.5, 0.6) is 0 Å². The number of carbonyl (C=O) groups excluding carboxylic acids is 1. The smallest absolute Gasteiger partial charge is 0.251 e. The lowest BCUT2D eigenvalue weighted by Crippen LogP contribution is -2.31. The van der Waals surface area contributed by atoms with Crippen molar-refractivity contribution in [3.63, 3.8) is 0 Å². The highest BCUT2D eigenvalue weighted by Gasteiger charge is 2.09. The van der Waals surface area contributed by atoms with Gasteiger partial charge in [-0.25, -0.2) is 0 Å². The van der Waals surface area contributed by atoms with Gasteiger partial charge in [-0.05, 0) is 31.0 Å². The van der Waals surface area contributed by atoms with Gasteiger partial charge in [-0.2, -0.15) is 0 Å². The Bertz CT molecular complexity index is 418. The Morgan fingerprint density at radius 3 is 2.76 bits per heavy atom. The molecule has 0 spiro atoms. The van der Waals surface area contributed by atoms with Crippen LogP contribution in [0.2, 0.25) is 0 Å². The van der Waals surface area contributed by atoms with Crippen molar-refractivity contribution in [2.75, 3.05) is 6.26 Å². The van der Waals surface area contributed by atoms with Crippen molar-refractivity contribution in [3.05, 3.63) is 35.4 Å². The third-order valence-corrected chi connectivity index (χ3v) is 3.29. The van der Waals surface area contributed by atoms with Crippen molar-refractivity contribution in [2.45, 2.75) is 32.1 Å². The molecular weight excluding hydrogens is 234 g/mol. The topological polar surface area (TPSA) is 46.2 Å². The van der Waals surface area contributed by atoms with Crippen LogP contribution in [-0.2, 0) is 16.6 Å². The molecule has 1 aromatic carbocycles. The van der Waals surface area contributed by atoms with E-state index in [-0.39, 0.29) is 11.9 Å². The zero-order valence-electron chi connectivity index (χ0n) is 10.5. The fraction of sp³-hybridized carbons (Fsp3) is 0.462. The number of benzene rings is 1. The second-order valence-corrected chi connectivity index (χ2v) is 5.64. The highest BCUT2D eigenvalue weighted by atomic mass is 32.2. The van der Waals surface area contributed by atoms with E-state index in [4.69, 9.17) is 0 Å². The van der Waals surface area contributed by atoms with Gasteiger partial charge in [0.25, 0.3) is 5.91 Å².